The van der Waals surface area contributed by atoms with Crippen molar-refractivity contribution in [3.05, 3.63) is 9.54 Å². The van der Waals surface area contributed by atoms with E-state index in [2.05, 4.69) is 0 Å². The molecule has 0 aliphatic carbocycles. The van der Waals surface area contributed by atoms with Crippen molar-refractivity contribution in [2.24, 2.45) is 10.8 Å². The van der Waals surface area contributed by atoms with Gasteiger partial charge >= 0.3 is 23.9 Å². The standard InChI is InChI=1S/C25H34F9N5S6/c1-9-42-14-15(35(10-20(2,3)4)18(40)37(14)13-24(30,31)25(32,33)34)43-39-44-16-17(45-39)38(12-23(28,29)22(8,26)27)19(41)36(16)11-21(5,6)7/h9-13H2,1-8H3. The monoisotopic (exact) mass is 767 g/mol. The number of nitrogens with zero attached hydrogens (tertiary/aromatic N) is 5. The molecule has 3 rings (SSSR count). The minimum absolute atomic E-state index is 0.0677. The van der Waals surface area contributed by atoms with Crippen LogP contribution >= 0.6 is 72.0 Å². The van der Waals surface area contributed by atoms with Gasteiger partial charge in [0.1, 0.15) is 20.1 Å². The Kier molecular flexibility index (Phi) is 11.4. The van der Waals surface area contributed by atoms with E-state index in [1.165, 1.54) is 4.57 Å². The molecule has 0 saturated carbocycles. The number of aromatic nitrogens is 4. The molecule has 5 nitrogen and oxygen atoms in total. The van der Waals surface area contributed by atoms with Crippen LogP contribution in [0.25, 0.3) is 0 Å². The van der Waals surface area contributed by atoms with Gasteiger partial charge < -0.3 is 18.3 Å². The van der Waals surface area contributed by atoms with E-state index in [1.807, 2.05) is 41.5 Å². The first kappa shape index (κ1) is 39.0. The lowest BCUT2D eigenvalue weighted by Gasteiger charge is -2.25. The third kappa shape index (κ3) is 8.80. The van der Waals surface area contributed by atoms with E-state index >= 15 is 0 Å². The SMILES string of the molecule is CCSc1c(SN2Sc3c(n(CC(F)(F)C(C)(F)F)c(=S)n3CC(C)(C)C)S2)n(CC(C)(C)C)c(=S)n1CC(F)(F)C(F)(F)F. The molecule has 2 aromatic rings. The summed E-state index contributed by atoms with van der Waals surface area (Å²) >= 11 is 14.9. The Morgan fingerprint density at radius 2 is 1.00 bits per heavy atom. The highest BCUT2D eigenvalue weighted by Crippen LogP contribution is 2.55. The van der Waals surface area contributed by atoms with Crippen molar-refractivity contribution < 1.29 is 39.5 Å². The van der Waals surface area contributed by atoms with Crippen molar-refractivity contribution in [2.45, 2.75) is 126 Å². The van der Waals surface area contributed by atoms with Crippen molar-refractivity contribution in [1.29, 1.82) is 0 Å². The summed E-state index contributed by atoms with van der Waals surface area (Å²) in [5, 5.41) is 0.962. The molecule has 0 aromatic carbocycles. The lowest BCUT2D eigenvalue weighted by molar-refractivity contribution is -0.287. The van der Waals surface area contributed by atoms with Crippen LogP contribution in [0.5, 0.6) is 0 Å². The number of thioether (sulfide) groups is 1. The van der Waals surface area contributed by atoms with Gasteiger partial charge in [0.05, 0.1) is 13.1 Å². The molecule has 3 heterocycles. The Morgan fingerprint density at radius 1 is 0.600 bits per heavy atom. The fourth-order valence-corrected chi connectivity index (χ4v) is 9.68. The molecule has 0 unspecified atom stereocenters. The average Bonchev–Trinajstić information content (AvgIpc) is 3.40. The maximum absolute atomic E-state index is 14.6. The number of imidazole rings is 2. The molecule has 0 spiro atoms. The zero-order valence-electron chi connectivity index (χ0n) is 25.6. The molecule has 1 aliphatic heterocycles. The first-order valence-corrected chi connectivity index (χ1v) is 17.6. The average molecular weight is 768 g/mol. The van der Waals surface area contributed by atoms with Gasteiger partial charge in [-0.2, -0.15) is 30.7 Å². The van der Waals surface area contributed by atoms with Gasteiger partial charge in [-0.3, -0.25) is 0 Å². The Morgan fingerprint density at radius 3 is 1.42 bits per heavy atom. The predicted molar refractivity (Wildman–Crippen MR) is 168 cm³/mol. The van der Waals surface area contributed by atoms with E-state index in [0.717, 1.165) is 56.7 Å². The first-order valence-electron chi connectivity index (χ1n) is 13.4. The lowest BCUT2D eigenvalue weighted by atomic mass is 9.97. The number of halogens is 9. The van der Waals surface area contributed by atoms with E-state index in [9.17, 15) is 39.5 Å². The molecule has 20 heteroatoms. The summed E-state index contributed by atoms with van der Waals surface area (Å²) < 4.78 is 132. The molecule has 258 valence electrons. The van der Waals surface area contributed by atoms with Gasteiger partial charge in [-0.15, -0.1) is 14.9 Å². The van der Waals surface area contributed by atoms with Crippen molar-refractivity contribution in [1.82, 2.24) is 21.4 Å². The molecular formula is C25H34F9N5S6. The van der Waals surface area contributed by atoms with Crippen molar-refractivity contribution in [3.8, 4) is 0 Å². The van der Waals surface area contributed by atoms with Gasteiger partial charge in [0.25, 0.3) is 0 Å². The maximum atomic E-state index is 14.6. The van der Waals surface area contributed by atoms with E-state index in [0.29, 0.717) is 10.8 Å². The van der Waals surface area contributed by atoms with Crippen LogP contribution in [0.15, 0.2) is 20.1 Å². The molecule has 0 bridgehead atoms. The van der Waals surface area contributed by atoms with Crippen LogP contribution in [-0.2, 0) is 26.2 Å². The van der Waals surface area contributed by atoms with Gasteiger partial charge in [-0.05, 0) is 41.0 Å². The van der Waals surface area contributed by atoms with Crippen LogP contribution < -0.4 is 0 Å². The van der Waals surface area contributed by atoms with E-state index in [4.69, 9.17) is 24.4 Å². The quantitative estimate of drug-likeness (QED) is 0.0971. The summed E-state index contributed by atoms with van der Waals surface area (Å²) in [4.78, 5) is 0. The highest BCUT2D eigenvalue weighted by Gasteiger charge is 2.58. The molecule has 2 aromatic heterocycles. The third-order valence-electron chi connectivity index (χ3n) is 6.07. The third-order valence-corrected chi connectivity index (χ3v) is 11.7. The largest absolute Gasteiger partial charge is 0.455 e. The van der Waals surface area contributed by atoms with Gasteiger partial charge in [-0.1, -0.05) is 48.5 Å². The van der Waals surface area contributed by atoms with E-state index in [1.54, 1.807) is 14.6 Å². The predicted octanol–water partition coefficient (Wildman–Crippen LogP) is 11.1. The van der Waals surface area contributed by atoms with Crippen molar-refractivity contribution >= 4 is 72.0 Å². The molecule has 0 fully saturated rings. The lowest BCUT2D eigenvalue weighted by Crippen LogP contribution is -2.41. The molecule has 0 saturated heterocycles. The van der Waals surface area contributed by atoms with Crippen LogP contribution in [0.3, 0.4) is 0 Å². The summed E-state index contributed by atoms with van der Waals surface area (Å²) in [6.45, 7) is 10.4. The first-order chi connectivity index (χ1) is 20.1. The van der Waals surface area contributed by atoms with Gasteiger partial charge in [-0.25, -0.2) is 8.78 Å². The number of rotatable bonds is 11. The van der Waals surface area contributed by atoms with Crippen LogP contribution in [0.2, 0.25) is 0 Å². The van der Waals surface area contributed by atoms with Gasteiger partial charge in [0, 0.05) is 55.9 Å². The Balaban J connectivity index is 2.15. The van der Waals surface area contributed by atoms with Gasteiger partial charge in [0.2, 0.25) is 0 Å². The summed E-state index contributed by atoms with van der Waals surface area (Å²) in [5.41, 5.74) is -0.866. The normalized spacial score (nSPS) is 15.8. The molecule has 1 aliphatic rings. The fraction of sp³-hybridized carbons (Fsp3) is 0.760. The highest BCUT2D eigenvalue weighted by molar-refractivity contribution is 8.27. The zero-order valence-corrected chi connectivity index (χ0v) is 30.5. The number of hydrogen-bond acceptors (Lipinski definition) is 7. The Hall–Kier alpha value is -0.410. The summed E-state index contributed by atoms with van der Waals surface area (Å²) in [6.07, 6.45) is -5.81. The summed E-state index contributed by atoms with van der Waals surface area (Å²) in [6, 6.07) is 0. The number of alkyl halides is 9. The maximum Gasteiger partial charge on any atom is 0.455 e. The second-order valence-corrected chi connectivity index (χ2v) is 18.5. The molecule has 0 amide bonds. The smallest absolute Gasteiger partial charge is 0.309 e. The number of fused-ring (bicyclic) bond motifs is 1. The van der Waals surface area contributed by atoms with Crippen LogP contribution in [0, 0.1) is 20.4 Å². The molecule has 0 N–H and O–H groups in total. The summed E-state index contributed by atoms with van der Waals surface area (Å²) in [7, 11) is 0. The molecular weight excluding hydrogens is 734 g/mol. The summed E-state index contributed by atoms with van der Waals surface area (Å²) in [5.74, 6) is -13.5. The van der Waals surface area contributed by atoms with E-state index < -0.39 is 42.4 Å². The van der Waals surface area contributed by atoms with Crippen LogP contribution in [0.4, 0.5) is 39.5 Å². The minimum Gasteiger partial charge on any atom is -0.309 e. The second-order valence-electron chi connectivity index (χ2n) is 13.0. The topological polar surface area (TPSA) is 23.0 Å². The second kappa shape index (κ2) is 13.1. The molecule has 45 heavy (non-hydrogen) atoms. The van der Waals surface area contributed by atoms with Crippen LogP contribution in [-0.4, -0.2) is 51.1 Å². The Bertz CT molecular complexity index is 1500. The number of hydrogen-bond donors (Lipinski definition) is 0. The van der Waals surface area contributed by atoms with Crippen molar-refractivity contribution in [3.63, 3.8) is 0 Å². The molecule has 0 radical (unpaired) electrons. The van der Waals surface area contributed by atoms with Crippen molar-refractivity contribution in [2.75, 3.05) is 5.75 Å². The molecule has 0 atom stereocenters. The fourth-order valence-electron chi connectivity index (χ4n) is 4.04. The van der Waals surface area contributed by atoms with Crippen LogP contribution in [0.1, 0.15) is 55.4 Å². The zero-order chi connectivity index (χ0) is 34.7. The minimum atomic E-state index is -5.81. The highest BCUT2D eigenvalue weighted by atomic mass is 32.3. The Labute approximate surface area is 283 Å². The van der Waals surface area contributed by atoms with E-state index in [-0.39, 0.29) is 50.0 Å². The van der Waals surface area contributed by atoms with Gasteiger partial charge in [0.15, 0.2) is 9.54 Å².